The molecule has 0 bridgehead atoms. The molecule has 2 aliphatic carbocycles. The number of hydrogen-bond donors (Lipinski definition) is 0. The third-order valence-electron chi connectivity index (χ3n) is 11.2. The summed E-state index contributed by atoms with van der Waals surface area (Å²) >= 11 is 0. The third kappa shape index (κ3) is 4.54. The van der Waals surface area contributed by atoms with Gasteiger partial charge >= 0.3 is 0 Å². The van der Waals surface area contributed by atoms with E-state index in [4.69, 9.17) is 15.0 Å². The molecule has 51 heavy (non-hydrogen) atoms. The topological polar surface area (TPSA) is 38.7 Å². The maximum atomic E-state index is 5.34. The Morgan fingerprint density at radius 3 is 1.65 bits per heavy atom. The van der Waals surface area contributed by atoms with Gasteiger partial charge in [0, 0.05) is 34.1 Å². The van der Waals surface area contributed by atoms with Crippen LogP contribution in [0.15, 0.2) is 158 Å². The molecule has 0 fully saturated rings. The van der Waals surface area contributed by atoms with Crippen LogP contribution in [-0.2, 0) is 5.41 Å². The summed E-state index contributed by atoms with van der Waals surface area (Å²) in [6.07, 6.45) is 4.79. The Kier molecular flexibility index (Phi) is 6.66. The van der Waals surface area contributed by atoms with Crippen molar-refractivity contribution in [2.24, 2.45) is 0 Å². The maximum absolute atomic E-state index is 5.34. The van der Waals surface area contributed by atoms with Crippen molar-refractivity contribution in [3.8, 4) is 45.3 Å². The van der Waals surface area contributed by atoms with E-state index in [0.717, 1.165) is 22.1 Å². The van der Waals surface area contributed by atoms with Gasteiger partial charge in [-0.05, 0) is 54.8 Å². The highest BCUT2D eigenvalue weighted by Gasteiger charge is 2.49. The van der Waals surface area contributed by atoms with Gasteiger partial charge in [0.15, 0.2) is 17.5 Å². The van der Waals surface area contributed by atoms with Gasteiger partial charge in [0.25, 0.3) is 0 Å². The molecule has 3 heteroatoms. The van der Waals surface area contributed by atoms with Crippen molar-refractivity contribution in [3.05, 3.63) is 180 Å². The highest BCUT2D eigenvalue weighted by atomic mass is 15.0. The highest BCUT2D eigenvalue weighted by Crippen LogP contribution is 2.61. The fraction of sp³-hybridized carbons (Fsp3) is 0.104. The minimum absolute atomic E-state index is 0.0716. The number of fused-ring (bicyclic) bond motifs is 8. The molecule has 0 radical (unpaired) electrons. The first kappa shape index (κ1) is 29.7. The van der Waals surface area contributed by atoms with Crippen LogP contribution in [0.25, 0.3) is 72.9 Å². The monoisotopic (exact) mass is 653 g/mol. The molecule has 2 unspecified atom stereocenters. The molecule has 0 amide bonds. The molecule has 0 saturated heterocycles. The average Bonchev–Trinajstić information content (AvgIpc) is 3.44. The zero-order valence-electron chi connectivity index (χ0n) is 28.6. The second kappa shape index (κ2) is 11.4. The number of aromatic nitrogens is 3. The molecule has 2 atom stereocenters. The van der Waals surface area contributed by atoms with Gasteiger partial charge in [-0.25, -0.2) is 15.0 Å². The SMILES string of the molecule is CC1(C)c2cccc(-c3c(-c4nc(-c5ccccc5)nc(-c5ccccc5)n4)c4ccccc4c4ccccc34)c2C2C=Cc3ccccc3C21. The molecular formula is C48H35N3. The second-order valence-corrected chi connectivity index (χ2v) is 14.4. The van der Waals surface area contributed by atoms with Gasteiger partial charge in [-0.3, -0.25) is 0 Å². The predicted octanol–water partition coefficient (Wildman–Crippen LogP) is 12.0. The van der Waals surface area contributed by atoms with Crippen LogP contribution in [0.2, 0.25) is 0 Å². The van der Waals surface area contributed by atoms with Crippen LogP contribution in [0.1, 0.15) is 47.9 Å². The molecule has 0 aliphatic heterocycles. The van der Waals surface area contributed by atoms with Gasteiger partial charge in [-0.15, -0.1) is 0 Å². The predicted molar refractivity (Wildman–Crippen MR) is 211 cm³/mol. The van der Waals surface area contributed by atoms with E-state index >= 15 is 0 Å². The molecule has 1 heterocycles. The largest absolute Gasteiger partial charge is 0.208 e. The first-order valence-electron chi connectivity index (χ1n) is 17.8. The van der Waals surface area contributed by atoms with E-state index in [1.54, 1.807) is 0 Å². The standard InChI is InChI=1S/C48H35N3/c1-48(2)40-27-15-26-38(41(40)39-29-28-30-16-9-10-21-33(30)44(39)48)42-36-24-13-11-22-34(36)35-23-12-14-25-37(35)43(42)47-50-45(31-17-5-3-6-18-31)49-46(51-47)32-19-7-4-8-20-32/h3-29,39,44H,1-2H3. The lowest BCUT2D eigenvalue weighted by atomic mass is 9.69. The molecule has 7 aromatic carbocycles. The second-order valence-electron chi connectivity index (χ2n) is 14.4. The summed E-state index contributed by atoms with van der Waals surface area (Å²) in [5, 5.41) is 4.74. The maximum Gasteiger partial charge on any atom is 0.165 e. The minimum atomic E-state index is -0.0716. The Bertz CT molecular complexity index is 2620. The first-order valence-corrected chi connectivity index (χ1v) is 17.8. The Hall–Kier alpha value is -6.19. The van der Waals surface area contributed by atoms with E-state index in [-0.39, 0.29) is 11.3 Å². The van der Waals surface area contributed by atoms with Crippen molar-refractivity contribution in [1.82, 2.24) is 15.0 Å². The zero-order valence-corrected chi connectivity index (χ0v) is 28.6. The van der Waals surface area contributed by atoms with E-state index in [2.05, 4.69) is 141 Å². The normalized spacial score (nSPS) is 16.9. The Morgan fingerprint density at radius 2 is 1.00 bits per heavy atom. The summed E-state index contributed by atoms with van der Waals surface area (Å²) in [4.78, 5) is 15.7. The van der Waals surface area contributed by atoms with Gasteiger partial charge in [0.05, 0.1) is 0 Å². The van der Waals surface area contributed by atoms with Crippen LogP contribution in [-0.4, -0.2) is 15.0 Å². The quantitative estimate of drug-likeness (QED) is 0.177. The van der Waals surface area contributed by atoms with E-state index in [9.17, 15) is 0 Å². The lowest BCUT2D eigenvalue weighted by Gasteiger charge is -2.34. The molecule has 3 nitrogen and oxygen atoms in total. The number of benzene rings is 7. The van der Waals surface area contributed by atoms with Gasteiger partial charge in [0.1, 0.15) is 0 Å². The van der Waals surface area contributed by atoms with Crippen LogP contribution < -0.4 is 0 Å². The summed E-state index contributed by atoms with van der Waals surface area (Å²) in [6, 6.07) is 54.0. The zero-order chi connectivity index (χ0) is 34.1. The molecule has 0 spiro atoms. The Balaban J connectivity index is 1.33. The fourth-order valence-corrected chi connectivity index (χ4v) is 9.00. The summed E-state index contributed by atoms with van der Waals surface area (Å²) < 4.78 is 0. The summed E-state index contributed by atoms with van der Waals surface area (Å²) in [5.74, 6) is 2.56. The summed E-state index contributed by atoms with van der Waals surface area (Å²) in [5.41, 5.74) is 10.9. The van der Waals surface area contributed by atoms with E-state index in [1.165, 1.54) is 49.5 Å². The molecule has 8 aromatic rings. The fourth-order valence-electron chi connectivity index (χ4n) is 9.00. The van der Waals surface area contributed by atoms with Crippen LogP contribution in [0.3, 0.4) is 0 Å². The van der Waals surface area contributed by atoms with Crippen molar-refractivity contribution in [2.75, 3.05) is 0 Å². The number of allylic oxidation sites excluding steroid dienone is 1. The lowest BCUT2D eigenvalue weighted by molar-refractivity contribution is 0.424. The number of nitrogens with zero attached hydrogens (tertiary/aromatic N) is 3. The molecular weight excluding hydrogens is 619 g/mol. The van der Waals surface area contributed by atoms with Crippen molar-refractivity contribution in [2.45, 2.75) is 31.1 Å². The van der Waals surface area contributed by atoms with Gasteiger partial charge < -0.3 is 0 Å². The van der Waals surface area contributed by atoms with Crippen molar-refractivity contribution in [1.29, 1.82) is 0 Å². The van der Waals surface area contributed by atoms with Gasteiger partial charge in [-0.2, -0.15) is 0 Å². The van der Waals surface area contributed by atoms with E-state index in [1.807, 2.05) is 36.4 Å². The van der Waals surface area contributed by atoms with Crippen molar-refractivity contribution >= 4 is 27.6 Å². The molecule has 0 saturated carbocycles. The lowest BCUT2D eigenvalue weighted by Crippen LogP contribution is -2.25. The Labute approximate surface area is 298 Å². The molecule has 2 aliphatic rings. The number of rotatable bonds is 4. The van der Waals surface area contributed by atoms with Crippen LogP contribution in [0, 0.1) is 0 Å². The highest BCUT2D eigenvalue weighted by molar-refractivity contribution is 6.21. The molecule has 1 aromatic heterocycles. The van der Waals surface area contributed by atoms with Crippen LogP contribution >= 0.6 is 0 Å². The Morgan fingerprint density at radius 1 is 0.471 bits per heavy atom. The molecule has 10 rings (SSSR count). The minimum Gasteiger partial charge on any atom is -0.208 e. The summed E-state index contributed by atoms with van der Waals surface area (Å²) in [6.45, 7) is 4.86. The van der Waals surface area contributed by atoms with Crippen LogP contribution in [0.5, 0.6) is 0 Å². The van der Waals surface area contributed by atoms with Crippen molar-refractivity contribution < 1.29 is 0 Å². The smallest absolute Gasteiger partial charge is 0.165 e. The van der Waals surface area contributed by atoms with Gasteiger partial charge in [-0.1, -0.05) is 178 Å². The average molecular weight is 654 g/mol. The van der Waals surface area contributed by atoms with Crippen molar-refractivity contribution in [3.63, 3.8) is 0 Å². The summed E-state index contributed by atoms with van der Waals surface area (Å²) in [7, 11) is 0. The number of hydrogen-bond acceptors (Lipinski definition) is 3. The molecule has 242 valence electrons. The van der Waals surface area contributed by atoms with Gasteiger partial charge in [0.2, 0.25) is 0 Å². The van der Waals surface area contributed by atoms with Crippen LogP contribution in [0.4, 0.5) is 0 Å². The first-order chi connectivity index (χ1) is 25.1. The van der Waals surface area contributed by atoms with E-state index < -0.39 is 0 Å². The third-order valence-corrected chi connectivity index (χ3v) is 11.2. The molecule has 0 N–H and O–H groups in total. The van der Waals surface area contributed by atoms with E-state index in [0.29, 0.717) is 23.4 Å².